The van der Waals surface area contributed by atoms with E-state index in [-0.39, 0.29) is 0 Å². The highest BCUT2D eigenvalue weighted by Crippen LogP contribution is 2.12. The zero-order valence-electron chi connectivity index (χ0n) is 33.9. The van der Waals surface area contributed by atoms with E-state index in [0.717, 1.165) is 71.5 Å². The second-order valence-electron chi connectivity index (χ2n) is 15.2. The number of carbonyl (C=O) groups is 1. The average Bonchev–Trinajstić information content (AvgIpc) is 3.12. The average molecular weight is 696 g/mol. The van der Waals surface area contributed by atoms with Crippen molar-refractivity contribution in [3.8, 4) is 0 Å². The number of likely N-dealkylation sites (N-methyl/N-ethyl adjacent to an activating group) is 1. The monoisotopic (exact) mass is 696 g/mol. The second kappa shape index (κ2) is 37.3. The van der Waals surface area contributed by atoms with E-state index in [1.165, 1.54) is 141 Å². The molecule has 0 amide bonds. The first-order valence-electron chi connectivity index (χ1n) is 21.9. The molecule has 0 aliphatic carbocycles. The Kier molecular flexibility index (Phi) is 34.7. The quantitative estimate of drug-likeness (QED) is 0.0481. The predicted molar refractivity (Wildman–Crippen MR) is 223 cm³/mol. The molecule has 1 aliphatic heterocycles. The first-order chi connectivity index (χ1) is 24.7. The van der Waals surface area contributed by atoms with Gasteiger partial charge in [-0.3, -0.25) is 9.69 Å². The fraction of sp³-hybridized carbons (Fsp3) is 0.804. The lowest BCUT2D eigenvalue weighted by Crippen LogP contribution is -2.44. The number of nitrogens with zero attached hydrogens (tertiary/aromatic N) is 3. The molecule has 0 bridgehead atoms. The Labute approximate surface area is 313 Å². The van der Waals surface area contributed by atoms with E-state index in [9.17, 15) is 4.79 Å². The minimum absolute atomic E-state index is 0.458. The summed E-state index contributed by atoms with van der Waals surface area (Å²) in [5.41, 5.74) is 0. The number of piperazine rings is 1. The van der Waals surface area contributed by atoms with Crippen LogP contribution in [0.4, 0.5) is 0 Å². The largest absolute Gasteiger partial charge is 0.304 e. The molecule has 1 heterocycles. The first-order valence-corrected chi connectivity index (χ1v) is 21.9. The van der Waals surface area contributed by atoms with Crippen LogP contribution in [0.15, 0.2) is 48.6 Å². The molecule has 50 heavy (non-hydrogen) atoms. The van der Waals surface area contributed by atoms with E-state index in [0.29, 0.717) is 12.3 Å². The SMILES string of the molecule is CCCCC/C=C\C/C=C\CCCCCCCCN(CCCCCCCC/C=C\C/C=C\CCCCC)CC(=O)CCCN1CCN(C)CC1. The molecule has 4 heteroatoms. The molecule has 0 radical (unpaired) electrons. The van der Waals surface area contributed by atoms with Crippen molar-refractivity contribution in [1.82, 2.24) is 14.7 Å². The summed E-state index contributed by atoms with van der Waals surface area (Å²) in [4.78, 5) is 20.5. The van der Waals surface area contributed by atoms with Gasteiger partial charge in [-0.1, -0.05) is 140 Å². The Morgan fingerprint density at radius 2 is 0.900 bits per heavy atom. The van der Waals surface area contributed by atoms with E-state index in [1.807, 2.05) is 0 Å². The standard InChI is InChI=1S/C46H85N3O/c1-4-6-8-10-12-14-16-18-20-22-24-26-28-30-32-34-38-49(45-46(50)37-36-40-48-43-41-47(3)42-44-48)39-35-33-31-29-27-25-23-21-19-17-15-13-11-9-7-5-2/h12-15,18-21H,4-11,16-17,22-45H2,1-3H3/b14-12-,15-13-,20-18-,21-19-. The number of allylic oxidation sites excluding steroid dienone is 8. The third-order valence-electron chi connectivity index (χ3n) is 10.3. The fourth-order valence-electron chi connectivity index (χ4n) is 6.82. The first kappa shape index (κ1) is 46.5. The molecule has 4 nitrogen and oxygen atoms in total. The van der Waals surface area contributed by atoms with Gasteiger partial charge in [0.05, 0.1) is 6.54 Å². The minimum Gasteiger partial charge on any atom is -0.304 e. The van der Waals surface area contributed by atoms with Gasteiger partial charge < -0.3 is 9.80 Å². The zero-order valence-corrected chi connectivity index (χ0v) is 33.9. The summed E-state index contributed by atoms with van der Waals surface area (Å²) < 4.78 is 0. The van der Waals surface area contributed by atoms with Gasteiger partial charge in [-0.15, -0.1) is 0 Å². The molecule has 290 valence electrons. The third-order valence-corrected chi connectivity index (χ3v) is 10.3. The normalized spacial score (nSPS) is 15.0. The van der Waals surface area contributed by atoms with Gasteiger partial charge in [0, 0.05) is 32.6 Å². The van der Waals surface area contributed by atoms with Gasteiger partial charge in [-0.25, -0.2) is 0 Å². The van der Waals surface area contributed by atoms with Crippen molar-refractivity contribution in [2.45, 2.75) is 181 Å². The highest BCUT2D eigenvalue weighted by molar-refractivity contribution is 5.80. The summed E-state index contributed by atoms with van der Waals surface area (Å²) >= 11 is 0. The number of hydrogen-bond acceptors (Lipinski definition) is 4. The Balaban J connectivity index is 2.20. The van der Waals surface area contributed by atoms with Crippen molar-refractivity contribution in [2.75, 3.05) is 59.4 Å². The van der Waals surface area contributed by atoms with Crippen LogP contribution >= 0.6 is 0 Å². The van der Waals surface area contributed by atoms with E-state index >= 15 is 0 Å². The number of hydrogen-bond donors (Lipinski definition) is 0. The van der Waals surface area contributed by atoms with Crippen LogP contribution in [0.25, 0.3) is 0 Å². The van der Waals surface area contributed by atoms with Crippen LogP contribution < -0.4 is 0 Å². The van der Waals surface area contributed by atoms with Crippen molar-refractivity contribution in [2.24, 2.45) is 0 Å². The van der Waals surface area contributed by atoms with E-state index < -0.39 is 0 Å². The molecule has 0 atom stereocenters. The molecule has 1 fully saturated rings. The van der Waals surface area contributed by atoms with Gasteiger partial charge in [0.1, 0.15) is 5.78 Å². The molecule has 1 rings (SSSR count). The maximum atomic E-state index is 13.0. The molecule has 0 saturated carbocycles. The van der Waals surface area contributed by atoms with Gasteiger partial charge >= 0.3 is 0 Å². The Hall–Kier alpha value is -1.49. The highest BCUT2D eigenvalue weighted by atomic mass is 16.1. The molecule has 0 spiro atoms. The predicted octanol–water partition coefficient (Wildman–Crippen LogP) is 12.5. The van der Waals surface area contributed by atoms with Crippen LogP contribution in [0.3, 0.4) is 0 Å². The van der Waals surface area contributed by atoms with Crippen LogP contribution in [0, 0.1) is 0 Å². The Bertz CT molecular complexity index is 790. The maximum Gasteiger partial charge on any atom is 0.146 e. The Morgan fingerprint density at radius 1 is 0.500 bits per heavy atom. The van der Waals surface area contributed by atoms with Crippen molar-refractivity contribution >= 4 is 5.78 Å². The summed E-state index contributed by atoms with van der Waals surface area (Å²) in [7, 11) is 2.21. The van der Waals surface area contributed by atoms with Crippen LogP contribution in [0.1, 0.15) is 181 Å². The number of rotatable bonds is 36. The molecule has 0 unspecified atom stereocenters. The Morgan fingerprint density at radius 3 is 1.34 bits per heavy atom. The summed E-state index contributed by atoms with van der Waals surface area (Å²) in [5, 5.41) is 0. The fourth-order valence-corrected chi connectivity index (χ4v) is 6.82. The van der Waals surface area contributed by atoms with Crippen molar-refractivity contribution in [3.05, 3.63) is 48.6 Å². The number of ketones is 1. The molecule has 0 N–H and O–H groups in total. The lowest BCUT2D eigenvalue weighted by atomic mass is 10.1. The molecule has 0 aromatic carbocycles. The summed E-state index contributed by atoms with van der Waals surface area (Å²) in [6, 6.07) is 0. The maximum absolute atomic E-state index is 13.0. The van der Waals surface area contributed by atoms with Crippen LogP contribution in [-0.4, -0.2) is 79.9 Å². The van der Waals surface area contributed by atoms with E-state index in [1.54, 1.807) is 0 Å². The second-order valence-corrected chi connectivity index (χ2v) is 15.2. The number of carbonyl (C=O) groups excluding carboxylic acids is 1. The topological polar surface area (TPSA) is 26.8 Å². The van der Waals surface area contributed by atoms with Crippen LogP contribution in [0.5, 0.6) is 0 Å². The number of Topliss-reactive ketones (excluding diaryl/α,β-unsaturated/α-hetero) is 1. The molecule has 0 aromatic rings. The lowest BCUT2D eigenvalue weighted by Gasteiger charge is -2.32. The molecular formula is C46H85N3O. The molecule has 0 aromatic heterocycles. The zero-order chi connectivity index (χ0) is 36.0. The smallest absolute Gasteiger partial charge is 0.146 e. The van der Waals surface area contributed by atoms with Gasteiger partial charge in [-0.05, 0) is 110 Å². The van der Waals surface area contributed by atoms with Gasteiger partial charge in [0.2, 0.25) is 0 Å². The van der Waals surface area contributed by atoms with Crippen molar-refractivity contribution in [1.29, 1.82) is 0 Å². The van der Waals surface area contributed by atoms with Gasteiger partial charge in [0.25, 0.3) is 0 Å². The summed E-state index contributed by atoms with van der Waals surface area (Å²) in [5.74, 6) is 0.458. The third kappa shape index (κ3) is 32.4. The molecule has 1 saturated heterocycles. The van der Waals surface area contributed by atoms with E-state index in [2.05, 4.69) is 84.2 Å². The van der Waals surface area contributed by atoms with Gasteiger partial charge in [-0.2, -0.15) is 0 Å². The van der Waals surface area contributed by atoms with Crippen LogP contribution in [-0.2, 0) is 4.79 Å². The number of unbranched alkanes of at least 4 members (excludes halogenated alkanes) is 18. The lowest BCUT2D eigenvalue weighted by molar-refractivity contribution is -0.120. The summed E-state index contributed by atoms with van der Waals surface area (Å²) in [6.45, 7) is 13.1. The van der Waals surface area contributed by atoms with E-state index in [4.69, 9.17) is 0 Å². The minimum atomic E-state index is 0.458. The molecular weight excluding hydrogens is 611 g/mol. The highest BCUT2D eigenvalue weighted by Gasteiger charge is 2.15. The molecule has 1 aliphatic rings. The van der Waals surface area contributed by atoms with Gasteiger partial charge in [0.15, 0.2) is 0 Å². The summed E-state index contributed by atoms with van der Waals surface area (Å²) in [6.07, 6.45) is 51.5. The van der Waals surface area contributed by atoms with Crippen molar-refractivity contribution in [3.63, 3.8) is 0 Å². The van der Waals surface area contributed by atoms with Crippen molar-refractivity contribution < 1.29 is 4.79 Å². The van der Waals surface area contributed by atoms with Crippen LogP contribution in [0.2, 0.25) is 0 Å².